The van der Waals surface area contributed by atoms with Crippen molar-refractivity contribution in [3.05, 3.63) is 28.7 Å². The summed E-state index contributed by atoms with van der Waals surface area (Å²) in [6.07, 6.45) is 1.51. The van der Waals surface area contributed by atoms with Crippen LogP contribution in [0.1, 0.15) is 13.8 Å². The maximum atomic E-state index is 12.2. The average Bonchev–Trinajstić information content (AvgIpc) is 2.18. The lowest BCUT2D eigenvalue weighted by molar-refractivity contribution is 0.582. The summed E-state index contributed by atoms with van der Waals surface area (Å²) in [6, 6.07) is 7.82. The van der Waals surface area contributed by atoms with E-state index in [0.29, 0.717) is 0 Å². The molecule has 0 N–H and O–H groups in total. The zero-order valence-electron chi connectivity index (χ0n) is 7.96. The summed E-state index contributed by atoms with van der Waals surface area (Å²) in [4.78, 5) is 0. The van der Waals surface area contributed by atoms with Crippen molar-refractivity contribution in [2.75, 3.05) is 12.3 Å². The molecule has 13 heavy (non-hydrogen) atoms. The third-order valence-corrected chi connectivity index (χ3v) is 6.13. The molecule has 0 saturated carbocycles. The lowest BCUT2D eigenvalue weighted by atomic mass is 10.4. The smallest absolute Gasteiger partial charge is 0.115 e. The van der Waals surface area contributed by atoms with Gasteiger partial charge >= 0.3 is 0 Å². The first-order valence-electron chi connectivity index (χ1n) is 4.46. The zero-order valence-corrected chi connectivity index (χ0v) is 10.4. The molecular weight excluding hydrogens is 247 g/mol. The first-order chi connectivity index (χ1) is 6.12. The van der Waals surface area contributed by atoms with Gasteiger partial charge in [-0.3, -0.25) is 0 Å². The third-order valence-electron chi connectivity index (χ3n) is 2.32. The van der Waals surface area contributed by atoms with Crippen LogP contribution < -0.4 is 5.30 Å². The predicted octanol–water partition coefficient (Wildman–Crippen LogP) is 3.48. The summed E-state index contributed by atoms with van der Waals surface area (Å²) in [5.74, 6) is 0. The molecule has 1 nitrogen and oxygen atoms in total. The lowest BCUT2D eigenvalue weighted by Gasteiger charge is -2.14. The molecule has 72 valence electrons. The second-order valence-corrected chi connectivity index (χ2v) is 7.47. The van der Waals surface area contributed by atoms with E-state index in [0.717, 1.165) is 22.1 Å². The maximum Gasteiger partial charge on any atom is 0.115 e. The van der Waals surface area contributed by atoms with Crippen LogP contribution in [0, 0.1) is 0 Å². The molecule has 1 aromatic rings. The van der Waals surface area contributed by atoms with Crippen molar-refractivity contribution in [3.63, 3.8) is 0 Å². The van der Waals surface area contributed by atoms with Crippen LogP contribution in [-0.2, 0) is 4.57 Å². The molecule has 0 fully saturated rings. The van der Waals surface area contributed by atoms with Crippen molar-refractivity contribution < 1.29 is 4.57 Å². The van der Waals surface area contributed by atoms with E-state index < -0.39 is 7.14 Å². The van der Waals surface area contributed by atoms with Gasteiger partial charge in [-0.05, 0) is 12.1 Å². The molecule has 0 aliphatic carbocycles. The summed E-state index contributed by atoms with van der Waals surface area (Å²) in [7, 11) is -2.07. The Bertz CT molecular complexity index is 310. The van der Waals surface area contributed by atoms with Crippen molar-refractivity contribution in [1.29, 1.82) is 0 Å². The van der Waals surface area contributed by atoms with Gasteiger partial charge in [0.25, 0.3) is 0 Å². The van der Waals surface area contributed by atoms with E-state index in [1.807, 2.05) is 38.1 Å². The lowest BCUT2D eigenvalue weighted by Crippen LogP contribution is -2.07. The molecule has 0 spiro atoms. The van der Waals surface area contributed by atoms with Crippen molar-refractivity contribution in [3.8, 4) is 0 Å². The number of rotatable bonds is 3. The van der Waals surface area contributed by atoms with Gasteiger partial charge in [-0.2, -0.15) is 0 Å². The molecule has 0 bridgehead atoms. The maximum absolute atomic E-state index is 12.2. The van der Waals surface area contributed by atoms with Crippen molar-refractivity contribution >= 4 is 28.4 Å². The Balaban J connectivity index is 3.07. The summed E-state index contributed by atoms with van der Waals surface area (Å²) >= 11 is 3.37. The Kier molecular flexibility index (Phi) is 3.75. The van der Waals surface area contributed by atoms with Crippen LogP contribution >= 0.6 is 23.1 Å². The Morgan fingerprint density at radius 3 is 2.00 bits per heavy atom. The largest absolute Gasteiger partial charge is 0.319 e. The fourth-order valence-corrected chi connectivity index (χ4v) is 3.44. The topological polar surface area (TPSA) is 17.1 Å². The Morgan fingerprint density at radius 2 is 1.62 bits per heavy atom. The second kappa shape index (κ2) is 4.43. The second-order valence-electron chi connectivity index (χ2n) is 3.00. The number of hydrogen-bond acceptors (Lipinski definition) is 1. The van der Waals surface area contributed by atoms with Gasteiger partial charge in [0.05, 0.1) is 0 Å². The first-order valence-corrected chi connectivity index (χ1v) is 7.33. The molecule has 3 heteroatoms. The number of hydrogen-bond donors (Lipinski definition) is 0. The molecular formula is C10H14BrOP. The molecule has 0 saturated heterocycles. The highest BCUT2D eigenvalue weighted by atomic mass is 79.9. The highest BCUT2D eigenvalue weighted by molar-refractivity contribution is 9.10. The van der Waals surface area contributed by atoms with E-state index >= 15 is 0 Å². The Morgan fingerprint density at radius 1 is 1.15 bits per heavy atom. The molecule has 0 aliphatic rings. The van der Waals surface area contributed by atoms with Crippen molar-refractivity contribution in [2.24, 2.45) is 0 Å². The van der Waals surface area contributed by atoms with Crippen molar-refractivity contribution in [2.45, 2.75) is 13.8 Å². The highest BCUT2D eigenvalue weighted by Crippen LogP contribution is 2.43. The van der Waals surface area contributed by atoms with Gasteiger partial charge in [-0.15, -0.1) is 0 Å². The Hall–Kier alpha value is -0.0700. The average molecular weight is 261 g/mol. The quantitative estimate of drug-likeness (QED) is 0.761. The SMILES string of the molecule is CCP(=O)(CC)c1ccc(Br)cc1. The standard InChI is InChI=1S/C10H14BrOP/c1-3-13(12,4-2)10-7-5-9(11)6-8-10/h5-8H,3-4H2,1-2H3. The van der Waals surface area contributed by atoms with Gasteiger partial charge < -0.3 is 4.57 Å². The van der Waals surface area contributed by atoms with Crippen LogP contribution in [0.5, 0.6) is 0 Å². The van der Waals surface area contributed by atoms with Crippen LogP contribution in [-0.4, -0.2) is 12.3 Å². The molecule has 0 atom stereocenters. The summed E-state index contributed by atoms with van der Waals surface area (Å²) in [6.45, 7) is 3.98. The van der Waals surface area contributed by atoms with Crippen LogP contribution in [0.15, 0.2) is 28.7 Å². The van der Waals surface area contributed by atoms with E-state index in [2.05, 4.69) is 15.9 Å². The fraction of sp³-hybridized carbons (Fsp3) is 0.400. The van der Waals surface area contributed by atoms with Crippen LogP contribution in [0.3, 0.4) is 0 Å². The molecule has 1 rings (SSSR count). The van der Waals surface area contributed by atoms with Gasteiger partial charge in [0.15, 0.2) is 0 Å². The van der Waals surface area contributed by atoms with E-state index in [1.165, 1.54) is 0 Å². The minimum Gasteiger partial charge on any atom is -0.319 e. The molecule has 1 aromatic carbocycles. The molecule has 0 heterocycles. The van der Waals surface area contributed by atoms with E-state index in [4.69, 9.17) is 0 Å². The first kappa shape index (κ1) is 11.0. The predicted molar refractivity (Wildman–Crippen MR) is 62.5 cm³/mol. The van der Waals surface area contributed by atoms with Crippen LogP contribution in [0.25, 0.3) is 0 Å². The van der Waals surface area contributed by atoms with Gasteiger partial charge in [-0.1, -0.05) is 41.9 Å². The summed E-state index contributed by atoms with van der Waals surface area (Å²) in [5, 5.41) is 1.00. The number of benzene rings is 1. The molecule has 0 radical (unpaired) electrons. The molecule has 0 amide bonds. The minimum atomic E-state index is -2.07. The van der Waals surface area contributed by atoms with E-state index in [1.54, 1.807) is 0 Å². The summed E-state index contributed by atoms with van der Waals surface area (Å²) in [5.41, 5.74) is 0. The highest BCUT2D eigenvalue weighted by Gasteiger charge is 2.18. The van der Waals surface area contributed by atoms with E-state index in [9.17, 15) is 4.57 Å². The van der Waals surface area contributed by atoms with Gasteiger partial charge in [0.2, 0.25) is 0 Å². The molecule has 0 aromatic heterocycles. The summed E-state index contributed by atoms with van der Waals surface area (Å²) < 4.78 is 13.3. The Labute approximate surface area is 88.0 Å². The van der Waals surface area contributed by atoms with Gasteiger partial charge in [-0.25, -0.2) is 0 Å². The monoisotopic (exact) mass is 260 g/mol. The number of halogens is 1. The third kappa shape index (κ3) is 2.45. The normalized spacial score (nSPS) is 11.6. The van der Waals surface area contributed by atoms with Gasteiger partial charge in [0.1, 0.15) is 7.14 Å². The van der Waals surface area contributed by atoms with Crippen LogP contribution in [0.4, 0.5) is 0 Å². The molecule has 0 unspecified atom stereocenters. The van der Waals surface area contributed by atoms with Gasteiger partial charge in [0, 0.05) is 22.1 Å². The van der Waals surface area contributed by atoms with Crippen LogP contribution in [0.2, 0.25) is 0 Å². The van der Waals surface area contributed by atoms with Crippen molar-refractivity contribution in [1.82, 2.24) is 0 Å². The fourth-order valence-electron chi connectivity index (χ4n) is 1.30. The zero-order chi connectivity index (χ0) is 9.90. The molecule has 0 aliphatic heterocycles. The van der Waals surface area contributed by atoms with E-state index in [-0.39, 0.29) is 0 Å². The minimum absolute atomic E-state index is 0.755.